The van der Waals surface area contributed by atoms with E-state index in [0.29, 0.717) is 45.9 Å². The van der Waals surface area contributed by atoms with Gasteiger partial charge in [-0.2, -0.15) is 5.10 Å². The van der Waals surface area contributed by atoms with Crippen molar-refractivity contribution in [3.8, 4) is 22.6 Å². The maximum Gasteiger partial charge on any atom is 0.410 e. The molecule has 12 heteroatoms. The van der Waals surface area contributed by atoms with Gasteiger partial charge in [0.1, 0.15) is 40.1 Å². The van der Waals surface area contributed by atoms with Gasteiger partial charge < -0.3 is 19.5 Å². The number of amides is 1. The molecular weight excluding hydrogens is 804 g/mol. The molecule has 9 rings (SSSR count). The molecule has 7 aromatic rings. The number of hydrogen-bond acceptors (Lipinski definition) is 8. The first-order valence-corrected chi connectivity index (χ1v) is 22.8. The average molecular weight is 853 g/mol. The minimum Gasteiger partial charge on any atom is -0.505 e. The van der Waals surface area contributed by atoms with Crippen LogP contribution in [0.4, 0.5) is 9.18 Å². The Kier molecular flexibility index (Phi) is 10.3. The molecule has 2 aliphatic rings. The summed E-state index contributed by atoms with van der Waals surface area (Å²) in [6.45, 7) is 9.27. The van der Waals surface area contributed by atoms with Crippen molar-refractivity contribution in [3.05, 3.63) is 149 Å². The van der Waals surface area contributed by atoms with Gasteiger partial charge in [0.25, 0.3) is 0 Å². The number of benzene rings is 5. The van der Waals surface area contributed by atoms with Crippen molar-refractivity contribution in [1.82, 2.24) is 19.7 Å². The number of nitrogens with zero attached hydrogens (tertiary/aromatic N) is 4. The summed E-state index contributed by atoms with van der Waals surface area (Å²) >= 11 is 0. The Morgan fingerprint density at radius 2 is 1.45 bits per heavy atom. The molecule has 1 aliphatic carbocycles. The molecule has 3 heterocycles. The third kappa shape index (κ3) is 7.23. The number of fused-ring (bicyclic) bond motifs is 2. The summed E-state index contributed by atoms with van der Waals surface area (Å²) in [5, 5.41) is 18.7. The van der Waals surface area contributed by atoms with E-state index in [1.807, 2.05) is 92.3 Å². The van der Waals surface area contributed by atoms with E-state index in [4.69, 9.17) is 14.6 Å². The lowest BCUT2D eigenvalue weighted by Gasteiger charge is -2.36. The van der Waals surface area contributed by atoms with Crippen LogP contribution in [0.15, 0.2) is 120 Å². The molecule has 1 saturated heterocycles. The molecule has 318 valence electrons. The maximum absolute atomic E-state index is 16.5. The summed E-state index contributed by atoms with van der Waals surface area (Å²) < 4.78 is 57.7. The van der Waals surface area contributed by atoms with Gasteiger partial charge in [0.05, 0.1) is 17.8 Å². The summed E-state index contributed by atoms with van der Waals surface area (Å²) in [5.74, 6) is -0.741. The number of carbonyl (C=O) groups excluding carboxylic acids is 1. The van der Waals surface area contributed by atoms with Gasteiger partial charge in [-0.1, -0.05) is 97.9 Å². The third-order valence-electron chi connectivity index (χ3n) is 12.0. The molecule has 5 aromatic carbocycles. The zero-order valence-electron chi connectivity index (χ0n) is 35.4. The molecule has 2 fully saturated rings. The quantitative estimate of drug-likeness (QED) is 0.135. The van der Waals surface area contributed by atoms with Gasteiger partial charge in [-0.25, -0.2) is 22.6 Å². The molecule has 2 aromatic heterocycles. The lowest BCUT2D eigenvalue weighted by atomic mass is 9.77. The number of sulfone groups is 1. The normalized spacial score (nSPS) is 16.0. The van der Waals surface area contributed by atoms with Crippen LogP contribution >= 0.6 is 0 Å². The van der Waals surface area contributed by atoms with Crippen LogP contribution in [0.5, 0.6) is 11.5 Å². The van der Waals surface area contributed by atoms with Crippen molar-refractivity contribution >= 4 is 37.7 Å². The van der Waals surface area contributed by atoms with E-state index in [0.717, 1.165) is 35.1 Å². The molecular formula is C50H49FN4O6S. The van der Waals surface area contributed by atoms with Gasteiger partial charge in [0.15, 0.2) is 14.9 Å². The Hall–Kier alpha value is -6.27. The number of pyridine rings is 1. The Bertz CT molecular complexity index is 2850. The fraction of sp³-hybridized carbons (Fsp3) is 0.300. The van der Waals surface area contributed by atoms with Crippen molar-refractivity contribution < 1.29 is 32.2 Å². The number of ether oxygens (including phenoxy) is 2. The second kappa shape index (κ2) is 15.6. The van der Waals surface area contributed by atoms with Crippen LogP contribution in [0.2, 0.25) is 0 Å². The molecule has 0 radical (unpaired) electrons. The summed E-state index contributed by atoms with van der Waals surface area (Å²) in [6.07, 6.45) is 3.16. The number of carbonyl (C=O) groups is 1. The topological polar surface area (TPSA) is 124 Å². The highest BCUT2D eigenvalue weighted by atomic mass is 32.2. The molecule has 0 spiro atoms. The molecule has 62 heavy (non-hydrogen) atoms. The van der Waals surface area contributed by atoms with Crippen molar-refractivity contribution in [2.45, 2.75) is 82.1 Å². The third-order valence-corrected chi connectivity index (χ3v) is 13.6. The van der Waals surface area contributed by atoms with E-state index < -0.39 is 39.0 Å². The Labute approximate surface area is 360 Å². The van der Waals surface area contributed by atoms with Crippen molar-refractivity contribution in [2.24, 2.45) is 0 Å². The fourth-order valence-electron chi connectivity index (χ4n) is 8.86. The first-order valence-electron chi connectivity index (χ1n) is 21.1. The Morgan fingerprint density at radius 1 is 0.855 bits per heavy atom. The van der Waals surface area contributed by atoms with Gasteiger partial charge >= 0.3 is 6.09 Å². The Morgan fingerprint density at radius 3 is 2.00 bits per heavy atom. The van der Waals surface area contributed by atoms with Gasteiger partial charge in [-0.3, -0.25) is 4.68 Å². The number of phenols is 1. The molecule has 0 bridgehead atoms. The zero-order valence-corrected chi connectivity index (χ0v) is 36.2. The molecule has 1 atom stereocenters. The van der Waals surface area contributed by atoms with Crippen molar-refractivity contribution in [3.63, 3.8) is 0 Å². The SMILES string of the molecule is CCS(=O)(=O)c1cc(O[C@H]2CCN(C(=O)OC(C)(C)C)C2)c2cc(C3CC3)c(-c3c(C)c(F)cc4nn(C(c5ccccc5)(c5ccccc5)c5ccccc5)cc34)c(O)c2n1. The summed E-state index contributed by atoms with van der Waals surface area (Å²) in [5.41, 5.74) is 3.47. The van der Waals surface area contributed by atoms with Crippen LogP contribution in [-0.2, 0) is 20.1 Å². The maximum atomic E-state index is 16.5. The molecule has 1 N–H and O–H groups in total. The highest BCUT2D eigenvalue weighted by molar-refractivity contribution is 7.91. The van der Waals surface area contributed by atoms with Crippen LogP contribution in [0.25, 0.3) is 32.9 Å². The molecule has 10 nitrogen and oxygen atoms in total. The summed E-state index contributed by atoms with van der Waals surface area (Å²) in [7, 11) is -3.90. The number of phenolic OH excluding ortho intramolecular Hbond substituents is 1. The van der Waals surface area contributed by atoms with Crippen molar-refractivity contribution in [1.29, 1.82) is 0 Å². The van der Waals surface area contributed by atoms with Crippen molar-refractivity contribution in [2.75, 3.05) is 18.8 Å². The molecule has 1 saturated carbocycles. The molecule has 0 unspecified atom stereocenters. The van der Waals surface area contributed by atoms with E-state index in [1.165, 1.54) is 19.1 Å². The highest BCUT2D eigenvalue weighted by Gasteiger charge is 2.41. The first kappa shape index (κ1) is 41.1. The average Bonchev–Trinajstić information content (AvgIpc) is 3.86. The lowest BCUT2D eigenvalue weighted by molar-refractivity contribution is 0.0276. The van der Waals surface area contributed by atoms with Crippen LogP contribution in [0.3, 0.4) is 0 Å². The van der Waals surface area contributed by atoms with Crippen LogP contribution in [0, 0.1) is 12.7 Å². The fourth-order valence-corrected chi connectivity index (χ4v) is 9.67. The lowest BCUT2D eigenvalue weighted by Crippen LogP contribution is -2.38. The second-order valence-corrected chi connectivity index (χ2v) is 19.6. The Balaban J connectivity index is 1.27. The number of aromatic hydroxyl groups is 1. The minimum atomic E-state index is -3.90. The molecule has 1 aliphatic heterocycles. The van der Waals surface area contributed by atoms with E-state index >= 15 is 4.39 Å². The standard InChI is InChI=1S/C50H49FN4O6S/c1-6-62(58,59)43-28-42(60-36-24-25-54(29-36)48(57)61-49(3,4)5)38-26-37(32-22-23-32)45(47(56)46(38)52-43)44-31(2)40(51)27-41-39(44)30-55(53-41)50(33-16-10-7-11-17-33,34-18-12-8-13-19-34)35-20-14-9-15-21-35/h7-21,26-28,30,32,36,56H,6,22-25,29H2,1-5H3/t36-/m0/s1. The number of halogens is 1. The van der Waals surface area contributed by atoms with E-state index in [-0.39, 0.29) is 40.3 Å². The predicted molar refractivity (Wildman–Crippen MR) is 238 cm³/mol. The van der Waals surface area contributed by atoms with Gasteiger partial charge in [0.2, 0.25) is 0 Å². The zero-order chi connectivity index (χ0) is 43.6. The van der Waals surface area contributed by atoms with Gasteiger partial charge in [-0.05, 0) is 80.3 Å². The number of hydrogen-bond donors (Lipinski definition) is 1. The van der Waals surface area contributed by atoms with Crippen LogP contribution in [0.1, 0.15) is 80.7 Å². The van der Waals surface area contributed by atoms with E-state index in [2.05, 4.69) is 41.4 Å². The summed E-state index contributed by atoms with van der Waals surface area (Å²) in [4.78, 5) is 19.1. The van der Waals surface area contributed by atoms with Crippen LogP contribution < -0.4 is 4.74 Å². The summed E-state index contributed by atoms with van der Waals surface area (Å²) in [6, 6.07) is 35.0. The van der Waals surface area contributed by atoms with E-state index in [9.17, 15) is 18.3 Å². The molecule has 1 amide bonds. The van der Waals surface area contributed by atoms with Gasteiger partial charge in [-0.15, -0.1) is 0 Å². The second-order valence-electron chi connectivity index (χ2n) is 17.4. The largest absolute Gasteiger partial charge is 0.505 e. The predicted octanol–water partition coefficient (Wildman–Crippen LogP) is 10.3. The number of aromatic nitrogens is 3. The number of rotatable bonds is 10. The van der Waals surface area contributed by atoms with Crippen LogP contribution in [-0.4, -0.2) is 69.8 Å². The van der Waals surface area contributed by atoms with E-state index in [1.54, 1.807) is 11.8 Å². The first-order chi connectivity index (χ1) is 29.7. The number of likely N-dealkylation sites (tertiary alicyclic amines) is 1. The van der Waals surface area contributed by atoms with Gasteiger partial charge in [0, 0.05) is 53.2 Å². The minimum absolute atomic E-state index is 0.0207. The monoisotopic (exact) mass is 852 g/mol. The smallest absolute Gasteiger partial charge is 0.410 e. The highest BCUT2D eigenvalue weighted by Crippen LogP contribution is 2.53.